The van der Waals surface area contributed by atoms with E-state index in [1.807, 2.05) is 0 Å². The smallest absolute Gasteiger partial charge is 0.311 e. The van der Waals surface area contributed by atoms with Crippen molar-refractivity contribution < 1.29 is 14.3 Å². The van der Waals surface area contributed by atoms with Crippen molar-refractivity contribution in [2.24, 2.45) is 23.2 Å². The highest BCUT2D eigenvalue weighted by atomic mass is 16.6. The number of esters is 1. The van der Waals surface area contributed by atoms with Crippen LogP contribution < -0.4 is 0 Å². The van der Waals surface area contributed by atoms with Gasteiger partial charge in [0.2, 0.25) is 0 Å². The van der Waals surface area contributed by atoms with Crippen LogP contribution in [0.4, 0.5) is 0 Å². The summed E-state index contributed by atoms with van der Waals surface area (Å²) in [5, 5.41) is 0. The minimum Gasteiger partial charge on any atom is -0.462 e. The van der Waals surface area contributed by atoms with E-state index in [1.54, 1.807) is 0 Å². The lowest BCUT2D eigenvalue weighted by Crippen LogP contribution is -2.55. The Morgan fingerprint density at radius 1 is 1.19 bits per heavy atom. The molecule has 0 aromatic carbocycles. The quantitative estimate of drug-likeness (QED) is 0.569. The van der Waals surface area contributed by atoms with E-state index in [0.29, 0.717) is 5.92 Å². The molecule has 5 nitrogen and oxygen atoms in total. The monoisotopic (exact) mass is 362 g/mol. The Hall–Kier alpha value is -0.650. The summed E-state index contributed by atoms with van der Waals surface area (Å²) in [5.41, 5.74) is 0.220. The van der Waals surface area contributed by atoms with Crippen LogP contribution in [-0.2, 0) is 14.3 Å². The predicted octanol–water partition coefficient (Wildman–Crippen LogP) is 2.15. The van der Waals surface area contributed by atoms with Crippen LogP contribution in [0.25, 0.3) is 0 Å². The van der Waals surface area contributed by atoms with Gasteiger partial charge in [-0.3, -0.25) is 9.69 Å². The molecule has 0 bridgehead atoms. The van der Waals surface area contributed by atoms with Gasteiger partial charge in [0.1, 0.15) is 11.7 Å². The minimum absolute atomic E-state index is 0.0104. The molecule has 3 unspecified atom stereocenters. The normalized spacial score (nSPS) is 51.3. The van der Waals surface area contributed by atoms with Crippen molar-refractivity contribution in [2.45, 2.75) is 64.3 Å². The second-order valence-electron chi connectivity index (χ2n) is 9.78. The lowest BCUT2D eigenvalue weighted by molar-refractivity contribution is -0.146. The lowest BCUT2D eigenvalue weighted by atomic mass is 9.53. The van der Waals surface area contributed by atoms with E-state index >= 15 is 0 Å². The van der Waals surface area contributed by atoms with Crippen molar-refractivity contribution in [1.29, 1.82) is 0 Å². The van der Waals surface area contributed by atoms with Gasteiger partial charge in [0.15, 0.2) is 0 Å². The summed E-state index contributed by atoms with van der Waals surface area (Å²) >= 11 is 0. The maximum Gasteiger partial charge on any atom is 0.311 e. The Morgan fingerprint density at radius 3 is 2.65 bits per heavy atom. The van der Waals surface area contributed by atoms with E-state index in [4.69, 9.17) is 9.47 Å². The van der Waals surface area contributed by atoms with Crippen molar-refractivity contribution in [3.63, 3.8) is 0 Å². The fraction of sp³-hybridized carbons (Fsp3) is 0.952. The number of nitrogens with zero attached hydrogens (tertiary/aromatic N) is 2. The molecule has 5 heteroatoms. The van der Waals surface area contributed by atoms with Gasteiger partial charge in [-0.1, -0.05) is 27.2 Å². The summed E-state index contributed by atoms with van der Waals surface area (Å²) in [5.74, 6) is 0.937. The van der Waals surface area contributed by atoms with Crippen molar-refractivity contribution in [3.8, 4) is 0 Å². The van der Waals surface area contributed by atoms with E-state index in [1.165, 1.54) is 19.3 Å². The third-order valence-electron chi connectivity index (χ3n) is 8.56. The first-order valence-corrected chi connectivity index (χ1v) is 10.8. The largest absolute Gasteiger partial charge is 0.462 e. The molecule has 0 radical (unpaired) electrons. The van der Waals surface area contributed by atoms with Gasteiger partial charge in [-0.15, -0.1) is 0 Å². The number of carbonyl (C=O) groups excluding carboxylic acids is 1. The molecule has 7 atom stereocenters. The van der Waals surface area contributed by atoms with E-state index in [0.717, 1.165) is 45.7 Å². The molecule has 5 fully saturated rings. The molecular weight excluding hydrogens is 328 g/mol. The Bertz CT molecular complexity index is 590. The number of hydrogen-bond donors (Lipinski definition) is 0. The Morgan fingerprint density at radius 2 is 1.92 bits per heavy atom. The van der Waals surface area contributed by atoms with Crippen LogP contribution in [0.1, 0.15) is 46.5 Å². The molecule has 3 saturated heterocycles. The maximum absolute atomic E-state index is 12.8. The number of rotatable bonds is 3. The summed E-state index contributed by atoms with van der Waals surface area (Å²) in [7, 11) is 0. The van der Waals surface area contributed by atoms with Crippen molar-refractivity contribution in [2.75, 3.05) is 39.3 Å². The Kier molecular flexibility index (Phi) is 3.97. The van der Waals surface area contributed by atoms with Crippen LogP contribution in [0.3, 0.4) is 0 Å². The summed E-state index contributed by atoms with van der Waals surface area (Å²) in [4.78, 5) is 17.7. The average Bonchev–Trinajstić information content (AvgIpc) is 3.31. The number of hydrogen-bond acceptors (Lipinski definition) is 5. The third kappa shape index (κ3) is 2.29. The summed E-state index contributed by atoms with van der Waals surface area (Å²) in [6.45, 7) is 13.3. The number of carbonyl (C=O) groups is 1. The van der Waals surface area contributed by atoms with Crippen LogP contribution >= 0.6 is 0 Å². The maximum atomic E-state index is 12.8. The van der Waals surface area contributed by atoms with Gasteiger partial charge in [0.25, 0.3) is 0 Å². The summed E-state index contributed by atoms with van der Waals surface area (Å²) < 4.78 is 12.5. The SMILES string of the molecule is CCN1CCN(CC2C(=O)O[C@@H]3C[C@@]4(C)CCC[C@H](C)C45OC5[C@H]23)CC1. The van der Waals surface area contributed by atoms with Crippen LogP contribution in [-0.4, -0.2) is 72.8 Å². The average molecular weight is 363 g/mol. The van der Waals surface area contributed by atoms with Crippen molar-refractivity contribution >= 4 is 5.97 Å². The highest BCUT2D eigenvalue weighted by Crippen LogP contribution is 2.70. The Labute approximate surface area is 157 Å². The zero-order valence-electron chi connectivity index (χ0n) is 16.6. The summed E-state index contributed by atoms with van der Waals surface area (Å²) in [6, 6.07) is 0. The molecule has 2 saturated carbocycles. The fourth-order valence-corrected chi connectivity index (χ4v) is 7.01. The molecular formula is C21H34N2O3. The van der Waals surface area contributed by atoms with Crippen LogP contribution in [0.15, 0.2) is 0 Å². The van der Waals surface area contributed by atoms with E-state index in [9.17, 15) is 4.79 Å². The number of likely N-dealkylation sites (N-methyl/N-ethyl adjacent to an activating group) is 1. The molecule has 146 valence electrons. The van der Waals surface area contributed by atoms with Gasteiger partial charge in [0.05, 0.1) is 12.0 Å². The number of ether oxygens (including phenoxy) is 2. The fourth-order valence-electron chi connectivity index (χ4n) is 7.01. The van der Waals surface area contributed by atoms with Crippen LogP contribution in [0.5, 0.6) is 0 Å². The molecule has 1 spiro atoms. The highest BCUT2D eigenvalue weighted by molar-refractivity contribution is 5.76. The third-order valence-corrected chi connectivity index (χ3v) is 8.56. The van der Waals surface area contributed by atoms with Crippen LogP contribution in [0.2, 0.25) is 0 Å². The lowest BCUT2D eigenvalue weighted by Gasteiger charge is -2.49. The molecule has 2 aliphatic carbocycles. The van der Waals surface area contributed by atoms with Gasteiger partial charge in [-0.05, 0) is 31.7 Å². The van der Waals surface area contributed by atoms with Crippen molar-refractivity contribution in [3.05, 3.63) is 0 Å². The second kappa shape index (κ2) is 5.92. The second-order valence-corrected chi connectivity index (χ2v) is 9.78. The molecule has 5 aliphatic rings. The van der Waals surface area contributed by atoms with E-state index in [2.05, 4.69) is 30.6 Å². The van der Waals surface area contributed by atoms with E-state index < -0.39 is 0 Å². The van der Waals surface area contributed by atoms with Crippen molar-refractivity contribution in [1.82, 2.24) is 9.80 Å². The minimum atomic E-state index is 0.0104. The van der Waals surface area contributed by atoms with E-state index in [-0.39, 0.29) is 41.0 Å². The Balaban J connectivity index is 1.34. The number of epoxide rings is 1. The molecule has 0 aromatic heterocycles. The number of piperazine rings is 1. The zero-order chi connectivity index (χ0) is 18.1. The van der Waals surface area contributed by atoms with Gasteiger partial charge < -0.3 is 14.4 Å². The first-order chi connectivity index (χ1) is 12.5. The first kappa shape index (κ1) is 17.4. The molecule has 5 rings (SSSR count). The molecule has 26 heavy (non-hydrogen) atoms. The van der Waals surface area contributed by atoms with Gasteiger partial charge in [-0.25, -0.2) is 0 Å². The molecule has 3 heterocycles. The topological polar surface area (TPSA) is 45.3 Å². The molecule has 0 N–H and O–H groups in total. The highest BCUT2D eigenvalue weighted by Gasteiger charge is 2.78. The van der Waals surface area contributed by atoms with Gasteiger partial charge >= 0.3 is 5.97 Å². The molecule has 0 aromatic rings. The zero-order valence-corrected chi connectivity index (χ0v) is 16.6. The molecule has 0 amide bonds. The predicted molar refractivity (Wildman–Crippen MR) is 98.8 cm³/mol. The van der Waals surface area contributed by atoms with Gasteiger partial charge in [0, 0.05) is 44.1 Å². The van der Waals surface area contributed by atoms with Gasteiger partial charge in [-0.2, -0.15) is 0 Å². The summed E-state index contributed by atoms with van der Waals surface area (Å²) in [6.07, 6.45) is 5.10. The first-order valence-electron chi connectivity index (χ1n) is 10.8. The number of fused-ring (bicyclic) bond motifs is 2. The molecule has 3 aliphatic heterocycles. The standard InChI is InChI=1S/C21H34N2O3/c1-4-22-8-10-23(11-9-22)13-15-17-16(25-19(15)24)12-20(3)7-5-6-14(2)21(20)18(17)26-21/h14-18H,4-13H2,1-3H3/t14-,15?,16+,17+,18?,20+,21?/m0/s1. The van der Waals surface area contributed by atoms with Crippen LogP contribution in [0, 0.1) is 23.2 Å².